The van der Waals surface area contributed by atoms with Crippen LogP contribution in [0.25, 0.3) is 17.3 Å². The number of aromatic nitrogens is 1. The van der Waals surface area contributed by atoms with Gasteiger partial charge in [0.2, 0.25) is 0 Å². The summed E-state index contributed by atoms with van der Waals surface area (Å²) in [6.07, 6.45) is 1.13. The number of nitrogens with zero attached hydrogens (tertiary/aromatic N) is 3. The van der Waals surface area contributed by atoms with Gasteiger partial charge in [0.25, 0.3) is 5.91 Å². The number of nitriles is 1. The molecule has 0 unspecified atom stereocenters. The predicted octanol–water partition coefficient (Wildman–Crippen LogP) is 3.86. The molecule has 1 N–H and O–H groups in total. The Morgan fingerprint density at radius 3 is 2.73 bits per heavy atom. The largest absolute Gasteiger partial charge is 0.433 e. The van der Waals surface area contributed by atoms with Gasteiger partial charge in [-0.2, -0.15) is 5.26 Å². The lowest BCUT2D eigenvalue weighted by molar-refractivity contribution is -0.402. The van der Waals surface area contributed by atoms with Crippen molar-refractivity contribution in [2.45, 2.75) is 0 Å². The van der Waals surface area contributed by atoms with Crippen LogP contribution in [0.15, 0.2) is 57.8 Å². The second kappa shape index (κ2) is 7.42. The monoisotopic (exact) mass is 366 g/mol. The molecule has 0 saturated heterocycles. The zero-order valence-corrected chi connectivity index (χ0v) is 13.9. The fraction of sp³-hybridized carbons (Fsp3) is 0. The number of carbonyl (C=O) groups excluding carboxylic acids is 1. The summed E-state index contributed by atoms with van der Waals surface area (Å²) in [7, 11) is 0. The van der Waals surface area contributed by atoms with Crippen LogP contribution in [-0.2, 0) is 4.79 Å². The van der Waals surface area contributed by atoms with Crippen LogP contribution in [0, 0.1) is 21.4 Å². The summed E-state index contributed by atoms with van der Waals surface area (Å²) in [4.78, 5) is 26.4. The van der Waals surface area contributed by atoms with Crippen LogP contribution in [0.2, 0.25) is 0 Å². The molecule has 1 aromatic carbocycles. The number of benzene rings is 1. The summed E-state index contributed by atoms with van der Waals surface area (Å²) in [5, 5.41) is 24.4. The zero-order valence-electron chi connectivity index (χ0n) is 13.1. The van der Waals surface area contributed by atoms with E-state index in [-0.39, 0.29) is 11.3 Å². The number of nitro groups is 1. The average Bonchev–Trinajstić information content (AvgIpc) is 3.30. The second-order valence-corrected chi connectivity index (χ2v) is 5.82. The summed E-state index contributed by atoms with van der Waals surface area (Å²) in [6, 6.07) is 13.6. The number of nitrogens with one attached hydrogen (secondary N) is 1. The van der Waals surface area contributed by atoms with Crippen molar-refractivity contribution in [1.29, 1.82) is 5.26 Å². The van der Waals surface area contributed by atoms with Crippen molar-refractivity contribution >= 4 is 34.3 Å². The van der Waals surface area contributed by atoms with E-state index < -0.39 is 16.7 Å². The summed E-state index contributed by atoms with van der Waals surface area (Å²) in [5.74, 6) is -1.12. The number of rotatable bonds is 5. The van der Waals surface area contributed by atoms with E-state index in [0.29, 0.717) is 10.8 Å². The lowest BCUT2D eigenvalue weighted by Gasteiger charge is -1.99. The van der Waals surface area contributed by atoms with Gasteiger partial charge in [-0.15, -0.1) is 11.3 Å². The van der Waals surface area contributed by atoms with Gasteiger partial charge in [0.1, 0.15) is 22.3 Å². The van der Waals surface area contributed by atoms with Crippen LogP contribution in [0.1, 0.15) is 5.76 Å². The van der Waals surface area contributed by atoms with Crippen LogP contribution < -0.4 is 5.32 Å². The van der Waals surface area contributed by atoms with Gasteiger partial charge >= 0.3 is 5.88 Å². The molecule has 3 rings (SSSR count). The highest BCUT2D eigenvalue weighted by Gasteiger charge is 2.15. The van der Waals surface area contributed by atoms with Gasteiger partial charge in [-0.3, -0.25) is 20.2 Å². The maximum atomic E-state index is 12.2. The SMILES string of the molecule is N#C/C(=C/c1ccc([N+](=O)[O-])o1)C(=O)Nc1nc(-c2ccccc2)cs1. The van der Waals surface area contributed by atoms with Crippen molar-refractivity contribution in [3.05, 3.63) is 69.3 Å². The predicted molar refractivity (Wildman–Crippen MR) is 95.1 cm³/mol. The number of furan rings is 1. The first kappa shape index (κ1) is 17.1. The van der Waals surface area contributed by atoms with E-state index in [1.807, 2.05) is 30.3 Å². The number of hydrogen-bond acceptors (Lipinski definition) is 7. The zero-order chi connectivity index (χ0) is 18.5. The molecule has 0 aliphatic carbocycles. The van der Waals surface area contributed by atoms with Gasteiger partial charge in [0.05, 0.1) is 11.8 Å². The maximum absolute atomic E-state index is 12.2. The molecule has 0 aliphatic heterocycles. The lowest BCUT2D eigenvalue weighted by Crippen LogP contribution is -2.13. The Balaban J connectivity index is 1.75. The topological polar surface area (TPSA) is 122 Å². The fourth-order valence-electron chi connectivity index (χ4n) is 2.05. The molecule has 0 fully saturated rings. The molecule has 3 aromatic rings. The Labute approximate surface area is 151 Å². The molecule has 0 bridgehead atoms. The maximum Gasteiger partial charge on any atom is 0.433 e. The number of thiazole rings is 1. The summed E-state index contributed by atoms with van der Waals surface area (Å²) < 4.78 is 4.92. The van der Waals surface area contributed by atoms with Crippen LogP contribution in [0.5, 0.6) is 0 Å². The minimum atomic E-state index is -0.704. The Morgan fingerprint density at radius 2 is 2.08 bits per heavy atom. The highest BCUT2D eigenvalue weighted by Crippen LogP contribution is 2.25. The van der Waals surface area contributed by atoms with Crippen molar-refractivity contribution in [3.8, 4) is 17.3 Å². The Morgan fingerprint density at radius 1 is 1.31 bits per heavy atom. The first-order valence-electron chi connectivity index (χ1n) is 7.25. The first-order valence-corrected chi connectivity index (χ1v) is 8.13. The molecule has 9 heteroatoms. The summed E-state index contributed by atoms with van der Waals surface area (Å²) in [5.41, 5.74) is 1.35. The molecule has 8 nitrogen and oxygen atoms in total. The molecule has 0 spiro atoms. The average molecular weight is 366 g/mol. The Hall–Kier alpha value is -3.77. The number of amides is 1. The molecule has 26 heavy (non-hydrogen) atoms. The Bertz CT molecular complexity index is 1030. The van der Waals surface area contributed by atoms with Gasteiger partial charge in [-0.25, -0.2) is 4.98 Å². The van der Waals surface area contributed by atoms with E-state index in [1.165, 1.54) is 17.4 Å². The van der Waals surface area contributed by atoms with Crippen molar-refractivity contribution < 1.29 is 14.1 Å². The molecule has 0 atom stereocenters. The van der Waals surface area contributed by atoms with Gasteiger partial charge in [0.15, 0.2) is 5.13 Å². The van der Waals surface area contributed by atoms with E-state index in [2.05, 4.69) is 10.3 Å². The van der Waals surface area contributed by atoms with Crippen LogP contribution in [-0.4, -0.2) is 15.8 Å². The van der Waals surface area contributed by atoms with Crippen LogP contribution in [0.3, 0.4) is 0 Å². The standard InChI is InChI=1S/C17H10N4O4S/c18-9-12(8-13-6-7-15(25-13)21(23)24)16(22)20-17-19-14(10-26-17)11-4-2-1-3-5-11/h1-8,10H,(H,19,20,22)/b12-8-. The van der Waals surface area contributed by atoms with Crippen molar-refractivity contribution in [2.75, 3.05) is 5.32 Å². The van der Waals surface area contributed by atoms with Crippen molar-refractivity contribution in [2.24, 2.45) is 0 Å². The number of carbonyl (C=O) groups is 1. The summed E-state index contributed by atoms with van der Waals surface area (Å²) >= 11 is 1.22. The second-order valence-electron chi connectivity index (χ2n) is 4.96. The molecule has 1 amide bonds. The Kier molecular flexibility index (Phi) is 4.87. The lowest BCUT2D eigenvalue weighted by atomic mass is 10.2. The quantitative estimate of drug-likeness (QED) is 0.317. The van der Waals surface area contributed by atoms with Gasteiger partial charge in [-0.05, 0) is 6.07 Å². The highest BCUT2D eigenvalue weighted by atomic mass is 32.1. The molecule has 128 valence electrons. The van der Waals surface area contributed by atoms with E-state index in [4.69, 9.17) is 9.68 Å². The van der Waals surface area contributed by atoms with Gasteiger partial charge < -0.3 is 4.42 Å². The third-order valence-corrected chi connectivity index (χ3v) is 4.00. The minimum absolute atomic E-state index is 0.0347. The van der Waals surface area contributed by atoms with Crippen LogP contribution in [0.4, 0.5) is 11.0 Å². The van der Waals surface area contributed by atoms with Gasteiger partial charge in [-0.1, -0.05) is 30.3 Å². The third-order valence-electron chi connectivity index (χ3n) is 3.24. The highest BCUT2D eigenvalue weighted by molar-refractivity contribution is 7.14. The summed E-state index contributed by atoms with van der Waals surface area (Å²) in [6.45, 7) is 0. The van der Waals surface area contributed by atoms with Gasteiger partial charge in [0, 0.05) is 17.0 Å². The molecule has 0 aliphatic rings. The number of anilines is 1. The van der Waals surface area contributed by atoms with Crippen molar-refractivity contribution in [3.63, 3.8) is 0 Å². The van der Waals surface area contributed by atoms with Crippen molar-refractivity contribution in [1.82, 2.24) is 4.98 Å². The van der Waals surface area contributed by atoms with Crippen LogP contribution >= 0.6 is 11.3 Å². The molecular weight excluding hydrogens is 356 g/mol. The van der Waals surface area contributed by atoms with E-state index in [1.54, 1.807) is 11.4 Å². The smallest absolute Gasteiger partial charge is 0.401 e. The molecule has 0 saturated carbocycles. The molecule has 2 heterocycles. The van der Waals surface area contributed by atoms with E-state index in [0.717, 1.165) is 17.7 Å². The third kappa shape index (κ3) is 3.82. The number of hydrogen-bond donors (Lipinski definition) is 1. The molecule has 2 aromatic heterocycles. The first-order chi connectivity index (χ1) is 12.6. The van der Waals surface area contributed by atoms with E-state index >= 15 is 0 Å². The molecule has 0 radical (unpaired) electrons. The normalized spacial score (nSPS) is 11.0. The fourth-order valence-corrected chi connectivity index (χ4v) is 2.76. The van der Waals surface area contributed by atoms with E-state index in [9.17, 15) is 14.9 Å². The molecular formula is C17H10N4O4S. The minimum Gasteiger partial charge on any atom is -0.401 e.